The summed E-state index contributed by atoms with van der Waals surface area (Å²) in [4.78, 5) is 29.4. The number of piperidine rings is 1. The predicted molar refractivity (Wildman–Crippen MR) is 121 cm³/mol. The van der Waals surface area contributed by atoms with Crippen LogP contribution in [-0.4, -0.2) is 67.0 Å². The zero-order chi connectivity index (χ0) is 21.3. The summed E-state index contributed by atoms with van der Waals surface area (Å²) in [5.74, 6) is 0.276. The van der Waals surface area contributed by atoms with Gasteiger partial charge in [0.2, 0.25) is 0 Å². The summed E-state index contributed by atoms with van der Waals surface area (Å²) in [6.07, 6.45) is 7.22. The van der Waals surface area contributed by atoms with E-state index in [-0.39, 0.29) is 23.9 Å². The second-order valence-corrected chi connectivity index (χ2v) is 9.03. The average molecular weight is 415 g/mol. The maximum Gasteiger partial charge on any atom is 0.317 e. The fraction of sp³-hybridized carbons (Fsp3) is 0.667. The van der Waals surface area contributed by atoms with Gasteiger partial charge < -0.3 is 20.4 Å². The van der Waals surface area contributed by atoms with Crippen LogP contribution >= 0.6 is 0 Å². The number of amides is 3. The Balaban J connectivity index is 1.53. The summed E-state index contributed by atoms with van der Waals surface area (Å²) in [6, 6.07) is 8.10. The largest absolute Gasteiger partial charge is 0.351 e. The van der Waals surface area contributed by atoms with Crippen molar-refractivity contribution in [1.29, 1.82) is 0 Å². The molecule has 3 amide bonds. The van der Waals surface area contributed by atoms with Crippen LogP contribution in [0.2, 0.25) is 0 Å². The van der Waals surface area contributed by atoms with Crippen molar-refractivity contribution in [3.8, 4) is 0 Å². The summed E-state index contributed by atoms with van der Waals surface area (Å²) < 4.78 is 0. The number of hydrogen-bond acceptors (Lipinski definition) is 3. The molecule has 0 radical (unpaired) electrons. The van der Waals surface area contributed by atoms with Crippen LogP contribution in [0.5, 0.6) is 0 Å². The molecule has 0 bridgehead atoms. The number of carbonyl (C=O) groups is 2. The molecule has 6 nitrogen and oxygen atoms in total. The van der Waals surface area contributed by atoms with E-state index in [2.05, 4.69) is 21.6 Å². The monoisotopic (exact) mass is 414 g/mol. The van der Waals surface area contributed by atoms with Crippen molar-refractivity contribution < 1.29 is 9.59 Å². The average Bonchev–Trinajstić information content (AvgIpc) is 3.02. The molecule has 1 aromatic carbocycles. The molecule has 0 spiro atoms. The Morgan fingerprint density at radius 2 is 1.83 bits per heavy atom. The SMILES string of the molecule is CC(C)NC(=O)N1CCC[C@H](c2cccc(C(=O)NCCN3CCCCCC3)c2)C1. The number of nitrogens with zero attached hydrogens (tertiary/aromatic N) is 2. The van der Waals surface area contributed by atoms with Gasteiger partial charge in [-0.05, 0) is 70.3 Å². The molecule has 2 fully saturated rings. The topological polar surface area (TPSA) is 64.7 Å². The number of urea groups is 1. The first-order chi connectivity index (χ1) is 14.5. The Bertz CT molecular complexity index is 698. The van der Waals surface area contributed by atoms with Crippen molar-refractivity contribution >= 4 is 11.9 Å². The van der Waals surface area contributed by atoms with Crippen molar-refractivity contribution in [2.45, 2.75) is 64.3 Å². The summed E-state index contributed by atoms with van der Waals surface area (Å²) in [6.45, 7) is 9.37. The number of likely N-dealkylation sites (tertiary alicyclic amines) is 2. The van der Waals surface area contributed by atoms with Gasteiger partial charge in [-0.3, -0.25) is 4.79 Å². The van der Waals surface area contributed by atoms with Crippen molar-refractivity contribution in [2.24, 2.45) is 0 Å². The van der Waals surface area contributed by atoms with Gasteiger partial charge in [0, 0.05) is 43.7 Å². The van der Waals surface area contributed by atoms with E-state index >= 15 is 0 Å². The molecule has 0 aliphatic carbocycles. The molecule has 166 valence electrons. The molecule has 2 aliphatic rings. The molecule has 0 unspecified atom stereocenters. The fourth-order valence-corrected chi connectivity index (χ4v) is 4.50. The summed E-state index contributed by atoms with van der Waals surface area (Å²) in [5.41, 5.74) is 1.87. The lowest BCUT2D eigenvalue weighted by Gasteiger charge is -2.33. The van der Waals surface area contributed by atoms with Crippen molar-refractivity contribution in [2.75, 3.05) is 39.3 Å². The van der Waals surface area contributed by atoms with Crippen LogP contribution < -0.4 is 10.6 Å². The Morgan fingerprint density at radius 1 is 1.07 bits per heavy atom. The van der Waals surface area contributed by atoms with E-state index in [9.17, 15) is 9.59 Å². The molecular weight excluding hydrogens is 376 g/mol. The molecule has 2 N–H and O–H groups in total. The molecule has 1 atom stereocenters. The summed E-state index contributed by atoms with van der Waals surface area (Å²) in [5, 5.41) is 6.08. The molecular formula is C24H38N4O2. The van der Waals surface area contributed by atoms with Gasteiger partial charge in [-0.1, -0.05) is 25.0 Å². The molecule has 1 aromatic rings. The normalized spacial score (nSPS) is 20.6. The molecule has 3 rings (SSSR count). The predicted octanol–water partition coefficient (Wildman–Crippen LogP) is 3.59. The van der Waals surface area contributed by atoms with E-state index in [1.807, 2.05) is 36.9 Å². The summed E-state index contributed by atoms with van der Waals surface area (Å²) in [7, 11) is 0. The van der Waals surface area contributed by atoms with Gasteiger partial charge in [0.25, 0.3) is 5.91 Å². The van der Waals surface area contributed by atoms with Crippen LogP contribution in [0.1, 0.15) is 74.2 Å². The maximum atomic E-state index is 12.7. The zero-order valence-electron chi connectivity index (χ0n) is 18.7. The van der Waals surface area contributed by atoms with Crippen LogP contribution in [0.4, 0.5) is 4.79 Å². The first kappa shape index (κ1) is 22.6. The van der Waals surface area contributed by atoms with Gasteiger partial charge in [0.15, 0.2) is 0 Å². The van der Waals surface area contributed by atoms with Gasteiger partial charge in [-0.2, -0.15) is 0 Å². The van der Waals surface area contributed by atoms with Crippen molar-refractivity contribution in [1.82, 2.24) is 20.4 Å². The van der Waals surface area contributed by atoms with Gasteiger partial charge in [-0.15, -0.1) is 0 Å². The minimum Gasteiger partial charge on any atom is -0.351 e. The van der Waals surface area contributed by atoms with Crippen LogP contribution in [0.25, 0.3) is 0 Å². The fourth-order valence-electron chi connectivity index (χ4n) is 4.50. The maximum absolute atomic E-state index is 12.7. The van der Waals surface area contributed by atoms with Crippen LogP contribution in [0.3, 0.4) is 0 Å². The minimum absolute atomic E-state index is 0.00288. The summed E-state index contributed by atoms with van der Waals surface area (Å²) >= 11 is 0. The number of benzene rings is 1. The van der Waals surface area contributed by atoms with E-state index in [4.69, 9.17) is 0 Å². The lowest BCUT2D eigenvalue weighted by atomic mass is 9.89. The Labute approximate surface area is 181 Å². The Kier molecular flexibility index (Phi) is 8.55. The van der Waals surface area contributed by atoms with Crippen molar-refractivity contribution in [3.05, 3.63) is 35.4 Å². The molecule has 2 heterocycles. The molecule has 30 heavy (non-hydrogen) atoms. The van der Waals surface area contributed by atoms with E-state index in [0.717, 1.165) is 44.6 Å². The third kappa shape index (κ3) is 6.73. The van der Waals surface area contributed by atoms with Gasteiger partial charge in [0.05, 0.1) is 0 Å². The second-order valence-electron chi connectivity index (χ2n) is 9.03. The van der Waals surface area contributed by atoms with Gasteiger partial charge >= 0.3 is 6.03 Å². The Morgan fingerprint density at radius 3 is 2.57 bits per heavy atom. The highest BCUT2D eigenvalue weighted by molar-refractivity contribution is 5.94. The zero-order valence-corrected chi connectivity index (χ0v) is 18.7. The van der Waals surface area contributed by atoms with Crippen LogP contribution in [-0.2, 0) is 0 Å². The lowest BCUT2D eigenvalue weighted by molar-refractivity contribution is 0.0948. The van der Waals surface area contributed by atoms with E-state index < -0.39 is 0 Å². The third-order valence-corrected chi connectivity index (χ3v) is 6.15. The smallest absolute Gasteiger partial charge is 0.317 e. The number of carbonyl (C=O) groups excluding carboxylic acids is 2. The highest BCUT2D eigenvalue weighted by atomic mass is 16.2. The van der Waals surface area contributed by atoms with Crippen molar-refractivity contribution in [3.63, 3.8) is 0 Å². The first-order valence-corrected chi connectivity index (χ1v) is 11.7. The van der Waals surface area contributed by atoms with E-state index in [1.165, 1.54) is 25.7 Å². The first-order valence-electron chi connectivity index (χ1n) is 11.7. The highest BCUT2D eigenvalue weighted by Crippen LogP contribution is 2.27. The minimum atomic E-state index is -0.00288. The number of nitrogens with one attached hydrogen (secondary N) is 2. The van der Waals surface area contributed by atoms with Crippen LogP contribution in [0, 0.1) is 0 Å². The number of rotatable bonds is 6. The molecule has 0 aromatic heterocycles. The molecule has 6 heteroatoms. The third-order valence-electron chi connectivity index (χ3n) is 6.15. The highest BCUT2D eigenvalue weighted by Gasteiger charge is 2.25. The number of hydrogen-bond donors (Lipinski definition) is 2. The molecule has 0 saturated carbocycles. The van der Waals surface area contributed by atoms with Crippen LogP contribution in [0.15, 0.2) is 24.3 Å². The Hall–Kier alpha value is -2.08. The van der Waals surface area contributed by atoms with E-state index in [1.54, 1.807) is 0 Å². The van der Waals surface area contributed by atoms with Gasteiger partial charge in [-0.25, -0.2) is 4.79 Å². The van der Waals surface area contributed by atoms with E-state index in [0.29, 0.717) is 18.7 Å². The lowest BCUT2D eigenvalue weighted by Crippen LogP contribution is -2.47. The quantitative estimate of drug-likeness (QED) is 0.748. The standard InChI is InChI=1S/C24H38N4O2/c1-19(2)26-24(30)28-15-8-11-22(18-28)20-9-7-10-21(17-20)23(29)25-12-16-27-13-5-3-4-6-14-27/h7,9-10,17,19,22H,3-6,8,11-16,18H2,1-2H3,(H,25,29)(H,26,30)/t22-/m0/s1. The van der Waals surface area contributed by atoms with Gasteiger partial charge in [0.1, 0.15) is 0 Å². The molecule has 2 aliphatic heterocycles. The second kappa shape index (κ2) is 11.3. The molecule has 2 saturated heterocycles.